The van der Waals surface area contributed by atoms with Gasteiger partial charge in [-0.15, -0.1) is 17.0 Å². The average molecular weight is 353 g/mol. The minimum absolute atomic E-state index is 0. The van der Waals surface area contributed by atoms with Crippen LogP contribution < -0.4 is 15.2 Å². The SMILES string of the molecule is Br.COc1cc(Br)c(OC)c2c1CC2CN. The number of hydrogen-bond acceptors (Lipinski definition) is 3. The number of halogens is 2. The predicted octanol–water partition coefficient (Wildman–Crippen LogP) is 2.64. The minimum atomic E-state index is 0. The van der Waals surface area contributed by atoms with Crippen molar-refractivity contribution in [3.05, 3.63) is 21.7 Å². The van der Waals surface area contributed by atoms with Gasteiger partial charge in [0.2, 0.25) is 0 Å². The maximum Gasteiger partial charge on any atom is 0.137 e. The largest absolute Gasteiger partial charge is 0.496 e. The fourth-order valence-electron chi connectivity index (χ4n) is 2.12. The van der Waals surface area contributed by atoms with E-state index in [1.54, 1.807) is 14.2 Å². The van der Waals surface area contributed by atoms with Gasteiger partial charge >= 0.3 is 0 Å². The molecule has 1 aliphatic rings. The molecule has 0 saturated heterocycles. The summed E-state index contributed by atoms with van der Waals surface area (Å²) in [4.78, 5) is 0. The summed E-state index contributed by atoms with van der Waals surface area (Å²) in [7, 11) is 3.36. The van der Waals surface area contributed by atoms with Crippen molar-refractivity contribution in [3.8, 4) is 11.5 Å². The van der Waals surface area contributed by atoms with Crippen molar-refractivity contribution in [1.29, 1.82) is 0 Å². The summed E-state index contributed by atoms with van der Waals surface area (Å²) in [6.45, 7) is 0.656. The Hall–Kier alpha value is -0.260. The lowest BCUT2D eigenvalue weighted by Gasteiger charge is -2.33. The van der Waals surface area contributed by atoms with Gasteiger partial charge < -0.3 is 15.2 Å². The van der Waals surface area contributed by atoms with Gasteiger partial charge in [0.15, 0.2) is 0 Å². The molecule has 90 valence electrons. The van der Waals surface area contributed by atoms with Crippen LogP contribution >= 0.6 is 32.9 Å². The van der Waals surface area contributed by atoms with E-state index in [0.717, 1.165) is 22.4 Å². The van der Waals surface area contributed by atoms with Gasteiger partial charge in [-0.25, -0.2) is 0 Å². The molecule has 0 heterocycles. The highest BCUT2D eigenvalue weighted by Gasteiger charge is 2.33. The fourth-order valence-corrected chi connectivity index (χ4v) is 2.70. The molecule has 1 aromatic rings. The van der Waals surface area contributed by atoms with Crippen LogP contribution in [0.4, 0.5) is 0 Å². The second-order valence-electron chi connectivity index (χ2n) is 3.62. The van der Waals surface area contributed by atoms with Gasteiger partial charge in [0.05, 0.1) is 18.7 Å². The van der Waals surface area contributed by atoms with E-state index in [1.165, 1.54) is 11.1 Å². The molecule has 0 saturated carbocycles. The molecule has 0 fully saturated rings. The van der Waals surface area contributed by atoms with E-state index in [0.29, 0.717) is 12.5 Å². The Kier molecular flexibility index (Phi) is 4.64. The number of hydrogen-bond donors (Lipinski definition) is 1. The smallest absolute Gasteiger partial charge is 0.137 e. The van der Waals surface area contributed by atoms with Crippen LogP contribution in [-0.2, 0) is 6.42 Å². The zero-order valence-corrected chi connectivity index (χ0v) is 12.5. The van der Waals surface area contributed by atoms with Gasteiger partial charge in [0.1, 0.15) is 11.5 Å². The first kappa shape index (κ1) is 13.8. The van der Waals surface area contributed by atoms with E-state index in [9.17, 15) is 0 Å². The molecular weight excluding hydrogens is 338 g/mol. The van der Waals surface area contributed by atoms with Crippen molar-refractivity contribution in [2.75, 3.05) is 20.8 Å². The number of fused-ring (bicyclic) bond motifs is 1. The second-order valence-corrected chi connectivity index (χ2v) is 4.48. The molecule has 1 aliphatic carbocycles. The van der Waals surface area contributed by atoms with E-state index in [4.69, 9.17) is 15.2 Å². The Bertz CT molecular complexity index is 396. The molecule has 1 unspecified atom stereocenters. The first-order valence-corrected chi connectivity index (χ1v) is 5.65. The molecule has 0 amide bonds. The standard InChI is InChI=1S/C11H14BrNO2.BrH/c1-14-9-4-8(12)11(15-2)10-6(5-13)3-7(9)10;/h4,6H,3,5,13H2,1-2H3;1H. The Morgan fingerprint density at radius 2 is 2.12 bits per heavy atom. The number of methoxy groups -OCH3 is 2. The van der Waals surface area contributed by atoms with Crippen molar-refractivity contribution in [1.82, 2.24) is 0 Å². The van der Waals surface area contributed by atoms with Crippen LogP contribution in [0.25, 0.3) is 0 Å². The van der Waals surface area contributed by atoms with Gasteiger partial charge in [0.25, 0.3) is 0 Å². The monoisotopic (exact) mass is 351 g/mol. The first-order chi connectivity index (χ1) is 7.22. The lowest BCUT2D eigenvalue weighted by Crippen LogP contribution is -2.26. The molecule has 0 aromatic heterocycles. The topological polar surface area (TPSA) is 44.5 Å². The fraction of sp³-hybridized carbons (Fsp3) is 0.455. The molecule has 16 heavy (non-hydrogen) atoms. The lowest BCUT2D eigenvalue weighted by molar-refractivity contribution is 0.374. The summed E-state index contributed by atoms with van der Waals surface area (Å²) < 4.78 is 11.6. The van der Waals surface area contributed by atoms with E-state index in [2.05, 4.69) is 15.9 Å². The molecule has 2 rings (SSSR count). The zero-order chi connectivity index (χ0) is 11.0. The molecule has 1 aromatic carbocycles. The third-order valence-electron chi connectivity index (χ3n) is 2.91. The van der Waals surface area contributed by atoms with Crippen molar-refractivity contribution in [2.24, 2.45) is 5.73 Å². The molecule has 3 nitrogen and oxygen atoms in total. The van der Waals surface area contributed by atoms with E-state index >= 15 is 0 Å². The summed E-state index contributed by atoms with van der Waals surface area (Å²) in [6, 6.07) is 1.95. The Balaban J connectivity index is 0.00000128. The Morgan fingerprint density at radius 1 is 1.44 bits per heavy atom. The third kappa shape index (κ3) is 1.96. The average Bonchev–Trinajstić information content (AvgIpc) is 2.21. The van der Waals surface area contributed by atoms with Crippen LogP contribution in [0, 0.1) is 0 Å². The van der Waals surface area contributed by atoms with E-state index < -0.39 is 0 Å². The number of rotatable bonds is 3. The van der Waals surface area contributed by atoms with Crippen LogP contribution in [0.5, 0.6) is 11.5 Å². The van der Waals surface area contributed by atoms with Gasteiger partial charge in [0, 0.05) is 17.0 Å². The molecule has 0 aliphatic heterocycles. The number of nitrogens with two attached hydrogens (primary N) is 1. The van der Waals surface area contributed by atoms with Gasteiger partial charge in [-0.3, -0.25) is 0 Å². The molecule has 5 heteroatoms. The summed E-state index contributed by atoms with van der Waals surface area (Å²) in [5.41, 5.74) is 8.13. The summed E-state index contributed by atoms with van der Waals surface area (Å²) in [5, 5.41) is 0. The molecule has 0 bridgehead atoms. The summed E-state index contributed by atoms with van der Waals surface area (Å²) in [6.07, 6.45) is 0.985. The summed E-state index contributed by atoms with van der Waals surface area (Å²) in [5.74, 6) is 2.22. The molecule has 0 radical (unpaired) electrons. The highest BCUT2D eigenvalue weighted by molar-refractivity contribution is 9.10. The molecule has 0 spiro atoms. The van der Waals surface area contributed by atoms with Gasteiger partial charge in [-0.2, -0.15) is 0 Å². The van der Waals surface area contributed by atoms with Crippen molar-refractivity contribution in [2.45, 2.75) is 12.3 Å². The summed E-state index contributed by atoms with van der Waals surface area (Å²) >= 11 is 3.48. The normalized spacial score (nSPS) is 16.9. The number of ether oxygens (including phenoxy) is 2. The molecule has 1 atom stereocenters. The Morgan fingerprint density at radius 3 is 2.62 bits per heavy atom. The molecular formula is C11H15Br2NO2. The van der Waals surface area contributed by atoms with E-state index in [1.807, 2.05) is 6.07 Å². The zero-order valence-electron chi connectivity index (χ0n) is 9.25. The maximum absolute atomic E-state index is 5.70. The van der Waals surface area contributed by atoms with Crippen LogP contribution in [0.2, 0.25) is 0 Å². The van der Waals surface area contributed by atoms with Crippen molar-refractivity contribution < 1.29 is 9.47 Å². The van der Waals surface area contributed by atoms with Crippen LogP contribution in [-0.4, -0.2) is 20.8 Å². The second kappa shape index (κ2) is 5.38. The number of benzene rings is 1. The van der Waals surface area contributed by atoms with Gasteiger partial charge in [-0.1, -0.05) is 0 Å². The molecule has 2 N–H and O–H groups in total. The third-order valence-corrected chi connectivity index (χ3v) is 3.50. The van der Waals surface area contributed by atoms with Crippen LogP contribution in [0.3, 0.4) is 0 Å². The minimum Gasteiger partial charge on any atom is -0.496 e. The van der Waals surface area contributed by atoms with Crippen LogP contribution in [0.15, 0.2) is 10.5 Å². The van der Waals surface area contributed by atoms with Crippen LogP contribution in [0.1, 0.15) is 17.0 Å². The highest BCUT2D eigenvalue weighted by Crippen LogP contribution is 2.49. The van der Waals surface area contributed by atoms with Gasteiger partial charge in [-0.05, 0) is 35.0 Å². The van der Waals surface area contributed by atoms with Crippen molar-refractivity contribution in [3.63, 3.8) is 0 Å². The lowest BCUT2D eigenvalue weighted by atomic mass is 9.76. The Labute approximate surface area is 114 Å². The predicted molar refractivity (Wildman–Crippen MR) is 73.1 cm³/mol. The quantitative estimate of drug-likeness (QED) is 0.909. The van der Waals surface area contributed by atoms with Crippen molar-refractivity contribution >= 4 is 32.9 Å². The first-order valence-electron chi connectivity index (χ1n) is 4.86. The maximum atomic E-state index is 5.70. The van der Waals surface area contributed by atoms with E-state index in [-0.39, 0.29) is 17.0 Å². The highest BCUT2D eigenvalue weighted by atomic mass is 79.9.